The van der Waals surface area contributed by atoms with Crippen LogP contribution < -0.4 is 4.74 Å². The molecule has 8 heteroatoms. The molecule has 2 aliphatic heterocycles. The van der Waals surface area contributed by atoms with E-state index in [4.69, 9.17) is 21.1 Å². The van der Waals surface area contributed by atoms with E-state index < -0.39 is 0 Å². The summed E-state index contributed by atoms with van der Waals surface area (Å²) >= 11 is 6.24. The monoisotopic (exact) mass is 437 g/mol. The van der Waals surface area contributed by atoms with Crippen molar-refractivity contribution in [2.45, 2.75) is 26.7 Å². The van der Waals surface area contributed by atoms with Gasteiger partial charge in [0.05, 0.1) is 19.8 Å². The van der Waals surface area contributed by atoms with Gasteiger partial charge in [-0.15, -0.1) is 0 Å². The van der Waals surface area contributed by atoms with Crippen LogP contribution in [0.3, 0.4) is 0 Å². The molecule has 0 unspecified atom stereocenters. The van der Waals surface area contributed by atoms with Gasteiger partial charge in [0.1, 0.15) is 5.75 Å². The van der Waals surface area contributed by atoms with Gasteiger partial charge in [-0.25, -0.2) is 0 Å². The van der Waals surface area contributed by atoms with Gasteiger partial charge in [0.2, 0.25) is 5.91 Å². The van der Waals surface area contributed by atoms with Gasteiger partial charge in [-0.2, -0.15) is 0 Å². The number of carbonyl (C=O) groups excluding carboxylic acids is 2. The zero-order valence-electron chi connectivity index (χ0n) is 18.2. The number of benzene rings is 1. The number of morpholine rings is 1. The van der Waals surface area contributed by atoms with E-state index in [0.29, 0.717) is 56.7 Å². The molecule has 0 bridgehead atoms. The Morgan fingerprint density at radius 3 is 2.23 bits per heavy atom. The fraction of sp³-hybridized carbons (Fsp3) is 0.636. The Hall–Kier alpha value is -1.83. The Morgan fingerprint density at radius 1 is 1.03 bits per heavy atom. The first kappa shape index (κ1) is 22.8. The molecule has 0 spiro atoms. The highest BCUT2D eigenvalue weighted by molar-refractivity contribution is 6.31. The maximum Gasteiger partial charge on any atom is 0.260 e. The van der Waals surface area contributed by atoms with E-state index in [1.165, 1.54) is 0 Å². The van der Waals surface area contributed by atoms with E-state index in [1.807, 2.05) is 24.0 Å². The third-order valence-electron chi connectivity index (χ3n) is 5.71. The number of carbonyl (C=O) groups is 2. The Bertz CT molecular complexity index is 757. The summed E-state index contributed by atoms with van der Waals surface area (Å²) in [5, 5.41) is 0.704. The molecular weight excluding hydrogens is 406 g/mol. The first-order valence-corrected chi connectivity index (χ1v) is 11.0. The van der Waals surface area contributed by atoms with Gasteiger partial charge in [-0.1, -0.05) is 25.4 Å². The molecule has 0 aromatic heterocycles. The van der Waals surface area contributed by atoms with Gasteiger partial charge >= 0.3 is 0 Å². The first-order valence-electron chi connectivity index (χ1n) is 10.6. The molecule has 0 aliphatic carbocycles. The van der Waals surface area contributed by atoms with Crippen LogP contribution >= 0.6 is 11.6 Å². The second kappa shape index (κ2) is 10.5. The second-order valence-corrected chi connectivity index (χ2v) is 8.64. The molecule has 7 nitrogen and oxygen atoms in total. The summed E-state index contributed by atoms with van der Waals surface area (Å²) in [6.45, 7) is 11.6. The average Bonchev–Trinajstić information content (AvgIpc) is 2.74. The van der Waals surface area contributed by atoms with Crippen molar-refractivity contribution in [2.24, 2.45) is 0 Å². The predicted molar refractivity (Wildman–Crippen MR) is 116 cm³/mol. The van der Waals surface area contributed by atoms with Gasteiger partial charge in [-0.3, -0.25) is 14.5 Å². The SMILES string of the molecule is Cc1cc(OCC(=O)N2CCN(C(=O)CN3CCOCC3)CC2)c(C(C)C)cc1Cl. The van der Waals surface area contributed by atoms with Crippen molar-refractivity contribution >= 4 is 23.4 Å². The zero-order chi connectivity index (χ0) is 21.7. The number of amides is 2. The molecule has 0 N–H and O–H groups in total. The minimum Gasteiger partial charge on any atom is -0.483 e. The molecule has 30 heavy (non-hydrogen) atoms. The lowest BCUT2D eigenvalue weighted by molar-refractivity contribution is -0.141. The minimum absolute atomic E-state index is 0.0114. The summed E-state index contributed by atoms with van der Waals surface area (Å²) in [7, 11) is 0. The lowest BCUT2D eigenvalue weighted by atomic mass is 10.0. The highest BCUT2D eigenvalue weighted by Crippen LogP contribution is 2.32. The smallest absolute Gasteiger partial charge is 0.260 e. The zero-order valence-corrected chi connectivity index (χ0v) is 18.9. The van der Waals surface area contributed by atoms with Gasteiger partial charge < -0.3 is 19.3 Å². The van der Waals surface area contributed by atoms with Crippen LogP contribution in [-0.2, 0) is 14.3 Å². The molecule has 3 rings (SSSR count). The van der Waals surface area contributed by atoms with Gasteiger partial charge in [-0.05, 0) is 36.1 Å². The molecule has 166 valence electrons. The summed E-state index contributed by atoms with van der Waals surface area (Å²) in [4.78, 5) is 30.9. The molecule has 0 radical (unpaired) electrons. The normalized spacial score (nSPS) is 18.0. The summed E-state index contributed by atoms with van der Waals surface area (Å²) < 4.78 is 11.2. The van der Waals surface area contributed by atoms with Crippen LogP contribution in [-0.4, -0.2) is 92.1 Å². The molecule has 0 saturated carbocycles. The van der Waals surface area contributed by atoms with Crippen molar-refractivity contribution in [2.75, 3.05) is 65.6 Å². The lowest BCUT2D eigenvalue weighted by Crippen LogP contribution is -2.54. The predicted octanol–water partition coefficient (Wildman–Crippen LogP) is 2.15. The van der Waals surface area contributed by atoms with E-state index >= 15 is 0 Å². The van der Waals surface area contributed by atoms with Crippen LogP contribution in [0.25, 0.3) is 0 Å². The van der Waals surface area contributed by atoms with E-state index in [1.54, 1.807) is 4.90 Å². The third-order valence-corrected chi connectivity index (χ3v) is 6.12. The number of nitrogens with zero attached hydrogens (tertiary/aromatic N) is 3. The molecule has 1 aromatic carbocycles. The minimum atomic E-state index is -0.0578. The van der Waals surface area contributed by atoms with Crippen molar-refractivity contribution in [3.8, 4) is 5.75 Å². The highest BCUT2D eigenvalue weighted by atomic mass is 35.5. The largest absolute Gasteiger partial charge is 0.483 e. The van der Waals surface area contributed by atoms with Crippen LogP contribution in [0.5, 0.6) is 5.75 Å². The number of hydrogen-bond acceptors (Lipinski definition) is 5. The van der Waals surface area contributed by atoms with Crippen LogP contribution in [0, 0.1) is 6.92 Å². The van der Waals surface area contributed by atoms with E-state index in [2.05, 4.69) is 18.7 Å². The molecule has 2 saturated heterocycles. The van der Waals surface area contributed by atoms with E-state index in [-0.39, 0.29) is 24.3 Å². The number of ether oxygens (including phenoxy) is 2. The van der Waals surface area contributed by atoms with Gasteiger partial charge in [0.15, 0.2) is 6.61 Å². The number of hydrogen-bond donors (Lipinski definition) is 0. The Morgan fingerprint density at radius 2 is 1.63 bits per heavy atom. The third kappa shape index (κ3) is 5.86. The molecule has 0 atom stereocenters. The van der Waals surface area contributed by atoms with E-state index in [0.717, 1.165) is 24.2 Å². The Balaban J connectivity index is 1.48. The number of aryl methyl sites for hydroxylation is 1. The molecule has 2 heterocycles. The van der Waals surface area contributed by atoms with Gasteiger partial charge in [0, 0.05) is 44.3 Å². The molecular formula is C22H32ClN3O4. The van der Waals surface area contributed by atoms with Crippen molar-refractivity contribution in [3.63, 3.8) is 0 Å². The maximum atomic E-state index is 12.6. The van der Waals surface area contributed by atoms with Crippen molar-refractivity contribution < 1.29 is 19.1 Å². The number of rotatable bonds is 6. The van der Waals surface area contributed by atoms with Crippen LogP contribution in [0.15, 0.2) is 12.1 Å². The van der Waals surface area contributed by atoms with Crippen molar-refractivity contribution in [1.82, 2.24) is 14.7 Å². The highest BCUT2D eigenvalue weighted by Gasteiger charge is 2.26. The van der Waals surface area contributed by atoms with Crippen molar-refractivity contribution in [3.05, 3.63) is 28.3 Å². The quantitative estimate of drug-likeness (QED) is 0.682. The summed E-state index contributed by atoms with van der Waals surface area (Å²) in [6, 6.07) is 3.81. The Labute approximate surface area is 183 Å². The number of piperazine rings is 1. The topological polar surface area (TPSA) is 62.3 Å². The maximum absolute atomic E-state index is 12.6. The fourth-order valence-corrected chi connectivity index (χ4v) is 3.91. The van der Waals surface area contributed by atoms with Crippen molar-refractivity contribution in [1.29, 1.82) is 0 Å². The molecule has 2 amide bonds. The van der Waals surface area contributed by atoms with E-state index in [9.17, 15) is 9.59 Å². The van der Waals surface area contributed by atoms with Gasteiger partial charge in [0.25, 0.3) is 5.91 Å². The summed E-state index contributed by atoms with van der Waals surface area (Å²) in [5.74, 6) is 1.02. The molecule has 2 aliphatic rings. The standard InChI is InChI=1S/C22H32ClN3O4/c1-16(2)18-13-19(23)17(3)12-20(18)30-15-22(28)26-6-4-25(5-7-26)21(27)14-24-8-10-29-11-9-24/h12-13,16H,4-11,14-15H2,1-3H3. The first-order chi connectivity index (χ1) is 14.3. The Kier molecular flexibility index (Phi) is 7.97. The number of halogens is 1. The van der Waals surface area contributed by atoms with Crippen LogP contribution in [0.2, 0.25) is 5.02 Å². The summed E-state index contributed by atoms with van der Waals surface area (Å²) in [6.07, 6.45) is 0. The molecule has 1 aromatic rings. The molecule has 2 fully saturated rings. The summed E-state index contributed by atoms with van der Waals surface area (Å²) in [5.41, 5.74) is 1.92. The fourth-order valence-electron chi connectivity index (χ4n) is 3.73. The van der Waals surface area contributed by atoms with Crippen LogP contribution in [0.1, 0.15) is 30.9 Å². The lowest BCUT2D eigenvalue weighted by Gasteiger charge is -2.36. The van der Waals surface area contributed by atoms with Crippen LogP contribution in [0.4, 0.5) is 0 Å². The second-order valence-electron chi connectivity index (χ2n) is 8.23. The average molecular weight is 438 g/mol.